The Hall–Kier alpha value is -1.06. The van der Waals surface area contributed by atoms with E-state index in [9.17, 15) is 9.59 Å². The number of amides is 1. The number of cyclic esters (lactones) is 1. The highest BCUT2D eigenvalue weighted by molar-refractivity contribution is 5.86. The molecule has 1 aliphatic carbocycles. The van der Waals surface area contributed by atoms with E-state index in [-0.39, 0.29) is 23.2 Å². The highest BCUT2D eigenvalue weighted by Gasteiger charge is 2.65. The summed E-state index contributed by atoms with van der Waals surface area (Å²) in [6, 6.07) is 0. The van der Waals surface area contributed by atoms with Gasteiger partial charge in [-0.1, -0.05) is 6.92 Å². The van der Waals surface area contributed by atoms with Gasteiger partial charge in [-0.25, -0.2) is 0 Å². The van der Waals surface area contributed by atoms with Crippen LogP contribution in [0.25, 0.3) is 0 Å². The molecule has 0 aromatic carbocycles. The second-order valence-electron chi connectivity index (χ2n) is 5.65. The standard InChI is InChI=1S/C12H19NO3/c1-11-6-5-8(9(14)13(3)4)12(11,2)7-16-10(11)15/h8H,5-7H2,1-4H3/t8-,11+,12+/m1/s1. The van der Waals surface area contributed by atoms with Crippen molar-refractivity contribution in [3.8, 4) is 0 Å². The van der Waals surface area contributed by atoms with Crippen molar-refractivity contribution < 1.29 is 14.3 Å². The molecule has 3 atom stereocenters. The number of hydrogen-bond acceptors (Lipinski definition) is 3. The van der Waals surface area contributed by atoms with Crippen molar-refractivity contribution in [2.24, 2.45) is 16.7 Å². The fourth-order valence-corrected chi connectivity index (χ4v) is 3.10. The van der Waals surface area contributed by atoms with Crippen LogP contribution in [0, 0.1) is 16.7 Å². The van der Waals surface area contributed by atoms with Crippen molar-refractivity contribution in [1.82, 2.24) is 4.90 Å². The first-order chi connectivity index (χ1) is 7.33. The fraction of sp³-hybridized carbons (Fsp3) is 0.833. The summed E-state index contributed by atoms with van der Waals surface area (Å²) in [5, 5.41) is 0. The predicted octanol–water partition coefficient (Wildman–Crippen LogP) is 1.05. The zero-order valence-electron chi connectivity index (χ0n) is 10.4. The average Bonchev–Trinajstić information content (AvgIpc) is 2.60. The molecule has 90 valence electrons. The topological polar surface area (TPSA) is 46.6 Å². The smallest absolute Gasteiger partial charge is 0.312 e. The number of carbonyl (C=O) groups is 2. The first kappa shape index (κ1) is 11.4. The number of ether oxygens (including phenoxy) is 1. The largest absolute Gasteiger partial charge is 0.465 e. The SMILES string of the molecule is CN(C)C(=O)[C@H]1CC[C@@]2(C)C(=O)OC[C@@]12C. The van der Waals surface area contributed by atoms with Gasteiger partial charge in [-0.05, 0) is 19.8 Å². The van der Waals surface area contributed by atoms with Gasteiger partial charge in [0.05, 0.1) is 12.0 Å². The van der Waals surface area contributed by atoms with Crippen molar-refractivity contribution >= 4 is 11.9 Å². The van der Waals surface area contributed by atoms with E-state index in [0.29, 0.717) is 6.61 Å². The molecule has 1 amide bonds. The minimum atomic E-state index is -0.469. The molecule has 16 heavy (non-hydrogen) atoms. The summed E-state index contributed by atoms with van der Waals surface area (Å²) in [7, 11) is 3.53. The van der Waals surface area contributed by atoms with Crippen LogP contribution >= 0.6 is 0 Å². The van der Waals surface area contributed by atoms with Crippen LogP contribution < -0.4 is 0 Å². The molecule has 2 fully saturated rings. The molecular formula is C12H19NO3. The van der Waals surface area contributed by atoms with E-state index >= 15 is 0 Å². The Bertz CT molecular complexity index is 352. The van der Waals surface area contributed by atoms with Crippen LogP contribution in [0.4, 0.5) is 0 Å². The average molecular weight is 225 g/mol. The Labute approximate surface area is 95.9 Å². The fourth-order valence-electron chi connectivity index (χ4n) is 3.10. The number of rotatable bonds is 1. The molecule has 0 radical (unpaired) electrons. The van der Waals surface area contributed by atoms with Crippen LogP contribution in [-0.2, 0) is 14.3 Å². The summed E-state index contributed by atoms with van der Waals surface area (Å²) >= 11 is 0. The first-order valence-corrected chi connectivity index (χ1v) is 5.71. The van der Waals surface area contributed by atoms with Gasteiger partial charge in [0, 0.05) is 25.4 Å². The summed E-state index contributed by atoms with van der Waals surface area (Å²) in [4.78, 5) is 25.5. The van der Waals surface area contributed by atoms with Gasteiger partial charge < -0.3 is 9.64 Å². The van der Waals surface area contributed by atoms with Crippen LogP contribution in [0.15, 0.2) is 0 Å². The molecule has 0 bridgehead atoms. The normalized spacial score (nSPS) is 41.8. The second kappa shape index (κ2) is 3.22. The molecule has 1 aliphatic heterocycles. The molecule has 0 aromatic heterocycles. The number of nitrogens with zero attached hydrogens (tertiary/aromatic N) is 1. The minimum absolute atomic E-state index is 0.0843. The lowest BCUT2D eigenvalue weighted by Crippen LogP contribution is -2.43. The third-order valence-corrected chi connectivity index (χ3v) is 4.66. The van der Waals surface area contributed by atoms with Crippen molar-refractivity contribution in [3.63, 3.8) is 0 Å². The van der Waals surface area contributed by atoms with Crippen LogP contribution in [0.3, 0.4) is 0 Å². The van der Waals surface area contributed by atoms with Crippen molar-refractivity contribution in [3.05, 3.63) is 0 Å². The zero-order valence-corrected chi connectivity index (χ0v) is 10.4. The summed E-state index contributed by atoms with van der Waals surface area (Å²) in [5.41, 5.74) is -0.797. The van der Waals surface area contributed by atoms with Gasteiger partial charge in [0.2, 0.25) is 5.91 Å². The molecule has 1 heterocycles. The Morgan fingerprint density at radius 1 is 1.44 bits per heavy atom. The second-order valence-corrected chi connectivity index (χ2v) is 5.65. The van der Waals surface area contributed by atoms with E-state index < -0.39 is 5.41 Å². The van der Waals surface area contributed by atoms with Gasteiger partial charge in [0.25, 0.3) is 0 Å². The number of hydrogen-bond donors (Lipinski definition) is 0. The Kier molecular flexibility index (Phi) is 2.30. The minimum Gasteiger partial charge on any atom is -0.465 e. The van der Waals surface area contributed by atoms with Gasteiger partial charge in [-0.2, -0.15) is 0 Å². The lowest BCUT2D eigenvalue weighted by molar-refractivity contribution is -0.146. The lowest BCUT2D eigenvalue weighted by Gasteiger charge is -2.34. The molecule has 2 aliphatic rings. The molecule has 0 N–H and O–H groups in total. The molecule has 1 saturated carbocycles. The van der Waals surface area contributed by atoms with Gasteiger partial charge in [0.1, 0.15) is 0 Å². The molecule has 1 saturated heterocycles. The maximum Gasteiger partial charge on any atom is 0.312 e. The van der Waals surface area contributed by atoms with Crippen LogP contribution in [0.5, 0.6) is 0 Å². The summed E-state index contributed by atoms with van der Waals surface area (Å²) in [6.45, 7) is 4.33. The summed E-state index contributed by atoms with van der Waals surface area (Å²) in [6.07, 6.45) is 1.55. The molecule has 2 rings (SSSR count). The molecule has 4 nitrogen and oxygen atoms in total. The number of carbonyl (C=O) groups excluding carboxylic acids is 2. The molecular weight excluding hydrogens is 206 g/mol. The van der Waals surface area contributed by atoms with E-state index in [0.717, 1.165) is 12.8 Å². The van der Waals surface area contributed by atoms with Crippen molar-refractivity contribution in [1.29, 1.82) is 0 Å². The molecule has 0 spiro atoms. The number of esters is 1. The monoisotopic (exact) mass is 225 g/mol. The Morgan fingerprint density at radius 2 is 2.06 bits per heavy atom. The van der Waals surface area contributed by atoms with Gasteiger partial charge in [-0.15, -0.1) is 0 Å². The van der Waals surface area contributed by atoms with Crippen molar-refractivity contribution in [2.45, 2.75) is 26.7 Å². The molecule has 0 aromatic rings. The lowest BCUT2D eigenvalue weighted by atomic mass is 9.66. The van der Waals surface area contributed by atoms with E-state index in [1.54, 1.807) is 19.0 Å². The van der Waals surface area contributed by atoms with Crippen LogP contribution in [0.2, 0.25) is 0 Å². The highest BCUT2D eigenvalue weighted by atomic mass is 16.5. The Morgan fingerprint density at radius 3 is 2.62 bits per heavy atom. The van der Waals surface area contributed by atoms with E-state index in [4.69, 9.17) is 4.74 Å². The molecule has 0 unspecified atom stereocenters. The number of fused-ring (bicyclic) bond motifs is 1. The van der Waals surface area contributed by atoms with E-state index in [1.165, 1.54) is 0 Å². The van der Waals surface area contributed by atoms with Crippen LogP contribution in [0.1, 0.15) is 26.7 Å². The Balaban J connectivity index is 2.34. The van der Waals surface area contributed by atoms with Gasteiger partial charge in [-0.3, -0.25) is 9.59 Å². The van der Waals surface area contributed by atoms with Gasteiger partial charge >= 0.3 is 5.97 Å². The van der Waals surface area contributed by atoms with Crippen molar-refractivity contribution in [2.75, 3.05) is 20.7 Å². The highest BCUT2D eigenvalue weighted by Crippen LogP contribution is 2.60. The quantitative estimate of drug-likeness (QED) is 0.627. The third kappa shape index (κ3) is 1.16. The molecule has 4 heteroatoms. The van der Waals surface area contributed by atoms with E-state index in [1.807, 2.05) is 13.8 Å². The van der Waals surface area contributed by atoms with Gasteiger partial charge in [0.15, 0.2) is 0 Å². The third-order valence-electron chi connectivity index (χ3n) is 4.66. The van der Waals surface area contributed by atoms with Crippen LogP contribution in [-0.4, -0.2) is 37.5 Å². The summed E-state index contributed by atoms with van der Waals surface area (Å²) in [5.74, 6) is -0.104. The maximum atomic E-state index is 12.1. The first-order valence-electron chi connectivity index (χ1n) is 5.71. The predicted molar refractivity (Wildman–Crippen MR) is 58.6 cm³/mol. The van der Waals surface area contributed by atoms with E-state index in [2.05, 4.69) is 0 Å². The zero-order chi connectivity index (χ0) is 12.1. The maximum absolute atomic E-state index is 12.1. The summed E-state index contributed by atoms with van der Waals surface area (Å²) < 4.78 is 5.18.